The Morgan fingerprint density at radius 1 is 1.04 bits per heavy atom. The molecule has 0 saturated carbocycles. The zero-order valence-corrected chi connectivity index (χ0v) is 13.2. The van der Waals surface area contributed by atoms with Gasteiger partial charge in [-0.25, -0.2) is 13.6 Å². The van der Waals surface area contributed by atoms with E-state index in [9.17, 15) is 18.7 Å². The number of aliphatic hydroxyl groups excluding tert-OH is 1. The lowest BCUT2D eigenvalue weighted by molar-refractivity contribution is 0.00637. The van der Waals surface area contributed by atoms with Gasteiger partial charge in [0.2, 0.25) is 0 Å². The number of benzene rings is 2. The van der Waals surface area contributed by atoms with Gasteiger partial charge in [-0.1, -0.05) is 30.3 Å². The molecular weight excluding hydrogens is 302 g/mol. The van der Waals surface area contributed by atoms with E-state index in [-0.39, 0.29) is 12.2 Å². The first-order valence-corrected chi connectivity index (χ1v) is 7.15. The molecule has 0 radical (unpaired) electrons. The minimum Gasteiger partial charge on any atom is -0.456 e. The Labute approximate surface area is 133 Å². The van der Waals surface area contributed by atoms with Crippen molar-refractivity contribution in [2.45, 2.75) is 33.0 Å². The van der Waals surface area contributed by atoms with Gasteiger partial charge in [0.25, 0.3) is 0 Å². The number of hydrogen-bond acceptors (Lipinski definition) is 3. The molecule has 1 N–H and O–H groups in total. The largest absolute Gasteiger partial charge is 0.456 e. The van der Waals surface area contributed by atoms with Crippen molar-refractivity contribution in [2.24, 2.45) is 0 Å². The number of ether oxygens (including phenoxy) is 1. The van der Waals surface area contributed by atoms with Crippen LogP contribution < -0.4 is 0 Å². The molecule has 0 spiro atoms. The third kappa shape index (κ3) is 3.74. The molecule has 2 rings (SSSR count). The van der Waals surface area contributed by atoms with Crippen LogP contribution in [0.4, 0.5) is 8.78 Å². The summed E-state index contributed by atoms with van der Waals surface area (Å²) >= 11 is 0. The molecule has 3 nitrogen and oxygen atoms in total. The zero-order valence-electron chi connectivity index (χ0n) is 13.2. The van der Waals surface area contributed by atoms with Crippen LogP contribution in [0.2, 0.25) is 0 Å². The second-order valence-corrected chi connectivity index (χ2v) is 6.11. The molecule has 2 aromatic rings. The van der Waals surface area contributed by atoms with Gasteiger partial charge in [-0.05, 0) is 38.0 Å². The Balaban J connectivity index is 2.48. The molecule has 0 aliphatic heterocycles. The number of hydrogen-bond donors (Lipinski definition) is 1. The highest BCUT2D eigenvalue weighted by Crippen LogP contribution is 2.30. The second kappa shape index (κ2) is 6.46. The monoisotopic (exact) mass is 320 g/mol. The molecule has 5 heteroatoms. The molecule has 0 fully saturated rings. The minimum atomic E-state index is -1.26. The third-order valence-electron chi connectivity index (χ3n) is 3.18. The molecular formula is C18H18F2O3. The van der Waals surface area contributed by atoms with Gasteiger partial charge >= 0.3 is 5.97 Å². The summed E-state index contributed by atoms with van der Waals surface area (Å²) in [5.74, 6) is -3.32. The first-order chi connectivity index (χ1) is 10.7. The van der Waals surface area contributed by atoms with Crippen LogP contribution in [0.15, 0.2) is 36.4 Å². The summed E-state index contributed by atoms with van der Waals surface area (Å²) in [7, 11) is 0. The van der Waals surface area contributed by atoms with Crippen LogP contribution in [0.1, 0.15) is 36.7 Å². The third-order valence-corrected chi connectivity index (χ3v) is 3.18. The lowest BCUT2D eigenvalue weighted by Gasteiger charge is -2.20. The van der Waals surface area contributed by atoms with Gasteiger partial charge in [0.15, 0.2) is 11.6 Å². The van der Waals surface area contributed by atoms with Crippen LogP contribution in [0, 0.1) is 11.6 Å². The molecule has 122 valence electrons. The van der Waals surface area contributed by atoms with Gasteiger partial charge in [0.1, 0.15) is 5.60 Å². The average molecular weight is 320 g/mol. The van der Waals surface area contributed by atoms with Gasteiger partial charge < -0.3 is 9.84 Å². The summed E-state index contributed by atoms with van der Waals surface area (Å²) in [6, 6.07) is 9.05. The standard InChI is InChI=1S/C18H18F2O3/c1-18(2,3)23-17(22)14-9-8-13(15(19)16(14)20)12-7-5-4-6-11(12)10-21/h4-9,21H,10H2,1-3H3. The van der Waals surface area contributed by atoms with E-state index in [2.05, 4.69) is 0 Å². The Morgan fingerprint density at radius 3 is 2.30 bits per heavy atom. The van der Waals surface area contributed by atoms with Gasteiger partial charge in [-0.2, -0.15) is 0 Å². The summed E-state index contributed by atoms with van der Waals surface area (Å²) in [5.41, 5.74) is -0.428. The maximum Gasteiger partial charge on any atom is 0.341 e. The molecule has 0 bridgehead atoms. The van der Waals surface area contributed by atoms with Crippen LogP contribution in [-0.4, -0.2) is 16.7 Å². The zero-order chi connectivity index (χ0) is 17.2. The van der Waals surface area contributed by atoms with Crippen molar-refractivity contribution in [3.63, 3.8) is 0 Å². The normalized spacial score (nSPS) is 11.4. The quantitative estimate of drug-likeness (QED) is 0.867. The Morgan fingerprint density at radius 2 is 1.70 bits per heavy atom. The van der Waals surface area contributed by atoms with Crippen molar-refractivity contribution in [1.29, 1.82) is 0 Å². The summed E-state index contributed by atoms with van der Waals surface area (Å²) in [5, 5.41) is 9.32. The van der Waals surface area contributed by atoms with Crippen LogP contribution >= 0.6 is 0 Å². The van der Waals surface area contributed by atoms with E-state index >= 15 is 0 Å². The Hall–Kier alpha value is -2.27. The molecule has 0 heterocycles. The van der Waals surface area contributed by atoms with E-state index in [0.29, 0.717) is 11.1 Å². The fraction of sp³-hybridized carbons (Fsp3) is 0.278. The lowest BCUT2D eigenvalue weighted by Crippen LogP contribution is -2.24. The van der Waals surface area contributed by atoms with Gasteiger partial charge in [0, 0.05) is 5.56 Å². The second-order valence-electron chi connectivity index (χ2n) is 6.11. The van der Waals surface area contributed by atoms with Crippen molar-refractivity contribution in [2.75, 3.05) is 0 Å². The van der Waals surface area contributed by atoms with E-state index in [1.165, 1.54) is 12.1 Å². The molecule has 0 atom stereocenters. The molecule has 2 aromatic carbocycles. The Bertz CT molecular complexity index is 734. The van der Waals surface area contributed by atoms with Crippen LogP contribution in [0.5, 0.6) is 0 Å². The SMILES string of the molecule is CC(C)(C)OC(=O)c1ccc(-c2ccccc2CO)c(F)c1F. The van der Waals surface area contributed by atoms with Crippen LogP contribution in [-0.2, 0) is 11.3 Å². The fourth-order valence-corrected chi connectivity index (χ4v) is 2.17. The number of carbonyl (C=O) groups excluding carboxylic acids is 1. The van der Waals surface area contributed by atoms with Gasteiger partial charge in [0.05, 0.1) is 12.2 Å². The van der Waals surface area contributed by atoms with Crippen molar-refractivity contribution >= 4 is 5.97 Å². The predicted molar refractivity (Wildman–Crippen MR) is 82.9 cm³/mol. The molecule has 23 heavy (non-hydrogen) atoms. The lowest BCUT2D eigenvalue weighted by atomic mass is 9.98. The molecule has 0 saturated heterocycles. The van der Waals surface area contributed by atoms with Gasteiger partial charge in [-0.3, -0.25) is 0 Å². The molecule has 0 amide bonds. The Kier molecular flexibility index (Phi) is 4.80. The van der Waals surface area contributed by atoms with Crippen molar-refractivity contribution in [1.82, 2.24) is 0 Å². The number of aliphatic hydroxyl groups is 1. The predicted octanol–water partition coefficient (Wildman–Crippen LogP) is 4.08. The molecule has 0 aromatic heterocycles. The molecule has 0 aliphatic carbocycles. The van der Waals surface area contributed by atoms with Crippen LogP contribution in [0.25, 0.3) is 11.1 Å². The summed E-state index contributed by atoms with van der Waals surface area (Å²) in [6.45, 7) is 4.63. The number of rotatable bonds is 3. The maximum absolute atomic E-state index is 14.4. The number of carbonyl (C=O) groups is 1. The van der Waals surface area contributed by atoms with Crippen molar-refractivity contribution in [3.8, 4) is 11.1 Å². The topological polar surface area (TPSA) is 46.5 Å². The number of halogens is 2. The van der Waals surface area contributed by atoms with Crippen LogP contribution in [0.3, 0.4) is 0 Å². The summed E-state index contributed by atoms with van der Waals surface area (Å²) in [4.78, 5) is 11.9. The smallest absolute Gasteiger partial charge is 0.341 e. The minimum absolute atomic E-state index is 0.0144. The van der Waals surface area contributed by atoms with E-state index < -0.39 is 28.8 Å². The summed E-state index contributed by atoms with van der Waals surface area (Å²) < 4.78 is 33.7. The van der Waals surface area contributed by atoms with Crippen molar-refractivity contribution in [3.05, 3.63) is 59.2 Å². The van der Waals surface area contributed by atoms with Crippen molar-refractivity contribution < 1.29 is 23.4 Å². The van der Waals surface area contributed by atoms with E-state index in [1.54, 1.807) is 45.0 Å². The highest BCUT2D eigenvalue weighted by molar-refractivity contribution is 5.91. The highest BCUT2D eigenvalue weighted by atomic mass is 19.2. The van der Waals surface area contributed by atoms with E-state index in [4.69, 9.17) is 4.74 Å². The van der Waals surface area contributed by atoms with E-state index in [1.807, 2.05) is 0 Å². The highest BCUT2D eigenvalue weighted by Gasteiger charge is 2.24. The number of esters is 1. The molecule has 0 unspecified atom stereocenters. The average Bonchev–Trinajstić information content (AvgIpc) is 2.48. The maximum atomic E-state index is 14.4. The first kappa shape index (κ1) is 17.1. The fourth-order valence-electron chi connectivity index (χ4n) is 2.17. The van der Waals surface area contributed by atoms with E-state index in [0.717, 1.165) is 0 Å². The van der Waals surface area contributed by atoms with Gasteiger partial charge in [-0.15, -0.1) is 0 Å². The molecule has 0 aliphatic rings. The summed E-state index contributed by atoms with van der Waals surface area (Å²) in [6.07, 6.45) is 0. The first-order valence-electron chi connectivity index (χ1n) is 7.15.